The maximum Gasteiger partial charge on any atom is 0.263 e. The van der Waals surface area contributed by atoms with Crippen molar-refractivity contribution < 1.29 is 13.2 Å². The van der Waals surface area contributed by atoms with Crippen molar-refractivity contribution in [3.8, 4) is 22.9 Å². The standard InChI is InChI=1S/C23H19Cl2N5O3S/c1-14-8-9-15(30-34(31,32)20-7-3-6-17(24)21(20)25)13-19(14)33-22-16(5-4-11-27-22)18-10-12-28-23(26-2)29-18/h3-13,30H,1-2H3,(H,26,28,29). The van der Waals surface area contributed by atoms with Crippen molar-refractivity contribution in [1.82, 2.24) is 15.0 Å². The fraction of sp³-hybridized carbons (Fsp3) is 0.0870. The Bertz CT molecular complexity index is 1460. The van der Waals surface area contributed by atoms with Gasteiger partial charge in [-0.15, -0.1) is 0 Å². The molecule has 0 unspecified atom stereocenters. The van der Waals surface area contributed by atoms with Gasteiger partial charge in [0.05, 0.1) is 27.0 Å². The minimum atomic E-state index is -3.99. The van der Waals surface area contributed by atoms with Crippen LogP contribution in [0.5, 0.6) is 11.6 Å². The molecule has 8 nitrogen and oxygen atoms in total. The molecule has 2 heterocycles. The topological polar surface area (TPSA) is 106 Å². The maximum atomic E-state index is 12.9. The van der Waals surface area contributed by atoms with E-state index in [0.29, 0.717) is 28.8 Å². The number of ether oxygens (including phenoxy) is 1. The lowest BCUT2D eigenvalue weighted by Crippen LogP contribution is -2.13. The summed E-state index contributed by atoms with van der Waals surface area (Å²) in [6.07, 6.45) is 3.23. The summed E-state index contributed by atoms with van der Waals surface area (Å²) in [5, 5.41) is 2.99. The molecule has 2 aromatic heterocycles. The zero-order valence-corrected chi connectivity index (χ0v) is 20.4. The van der Waals surface area contributed by atoms with Crippen molar-refractivity contribution >= 4 is 44.9 Å². The number of anilines is 2. The molecule has 174 valence electrons. The van der Waals surface area contributed by atoms with Crippen LogP contribution in [0.4, 0.5) is 11.6 Å². The van der Waals surface area contributed by atoms with E-state index in [1.54, 1.807) is 49.8 Å². The summed E-state index contributed by atoms with van der Waals surface area (Å²) in [5.41, 5.74) is 2.33. The van der Waals surface area contributed by atoms with E-state index in [2.05, 4.69) is 25.0 Å². The summed E-state index contributed by atoms with van der Waals surface area (Å²) < 4.78 is 34.4. The number of halogens is 2. The molecular formula is C23H19Cl2N5O3S. The Morgan fingerprint density at radius 2 is 1.79 bits per heavy atom. The van der Waals surface area contributed by atoms with Crippen molar-refractivity contribution in [2.45, 2.75) is 11.8 Å². The SMILES string of the molecule is CNc1nccc(-c2cccnc2Oc2cc(NS(=O)(=O)c3cccc(Cl)c3Cl)ccc2C)n1. The molecule has 0 saturated carbocycles. The summed E-state index contributed by atoms with van der Waals surface area (Å²) in [7, 11) is -2.26. The van der Waals surface area contributed by atoms with Gasteiger partial charge in [-0.2, -0.15) is 0 Å². The molecule has 0 aliphatic heterocycles. The third kappa shape index (κ3) is 5.06. The van der Waals surface area contributed by atoms with Gasteiger partial charge in [0.25, 0.3) is 10.0 Å². The van der Waals surface area contributed by atoms with E-state index in [0.717, 1.165) is 5.56 Å². The highest BCUT2D eigenvalue weighted by Gasteiger charge is 2.20. The number of hydrogen-bond acceptors (Lipinski definition) is 7. The first-order valence-corrected chi connectivity index (χ1v) is 12.2. The second kappa shape index (κ2) is 9.84. The predicted molar refractivity (Wildman–Crippen MR) is 133 cm³/mol. The largest absolute Gasteiger partial charge is 0.438 e. The minimum absolute atomic E-state index is 0.0517. The quantitative estimate of drug-likeness (QED) is 0.320. The number of benzene rings is 2. The molecule has 0 spiro atoms. The molecule has 2 aromatic carbocycles. The van der Waals surface area contributed by atoms with Crippen LogP contribution in [0.2, 0.25) is 10.0 Å². The predicted octanol–water partition coefficient (Wildman–Crippen LogP) is 5.79. The molecular weight excluding hydrogens is 497 g/mol. The van der Waals surface area contributed by atoms with Gasteiger partial charge in [-0.05, 0) is 48.9 Å². The first kappa shape index (κ1) is 23.7. The summed E-state index contributed by atoms with van der Waals surface area (Å²) >= 11 is 12.1. The average Bonchev–Trinajstić information content (AvgIpc) is 2.83. The Labute approximate surface area is 207 Å². The molecule has 11 heteroatoms. The van der Waals surface area contributed by atoms with Crippen LogP contribution in [0, 0.1) is 6.92 Å². The molecule has 0 fully saturated rings. The fourth-order valence-electron chi connectivity index (χ4n) is 3.08. The minimum Gasteiger partial charge on any atom is -0.438 e. The highest BCUT2D eigenvalue weighted by molar-refractivity contribution is 7.92. The summed E-state index contributed by atoms with van der Waals surface area (Å²) in [5.74, 6) is 1.18. The van der Waals surface area contributed by atoms with Crippen LogP contribution < -0.4 is 14.8 Å². The van der Waals surface area contributed by atoms with Crippen LogP contribution in [-0.4, -0.2) is 30.4 Å². The Kier molecular flexibility index (Phi) is 6.87. The van der Waals surface area contributed by atoms with E-state index in [9.17, 15) is 8.42 Å². The normalized spacial score (nSPS) is 11.2. The number of nitrogens with zero attached hydrogens (tertiary/aromatic N) is 3. The van der Waals surface area contributed by atoms with Gasteiger partial charge in [0.1, 0.15) is 10.6 Å². The Balaban J connectivity index is 1.66. The lowest BCUT2D eigenvalue weighted by Gasteiger charge is -2.14. The monoisotopic (exact) mass is 515 g/mol. The third-order valence-electron chi connectivity index (χ3n) is 4.78. The molecule has 0 bridgehead atoms. The van der Waals surface area contributed by atoms with Crippen molar-refractivity contribution in [1.29, 1.82) is 0 Å². The molecule has 4 aromatic rings. The lowest BCUT2D eigenvalue weighted by atomic mass is 10.2. The molecule has 0 aliphatic rings. The molecule has 0 aliphatic carbocycles. The van der Waals surface area contributed by atoms with Gasteiger partial charge in [0.2, 0.25) is 11.8 Å². The summed E-state index contributed by atoms with van der Waals surface area (Å²) in [4.78, 5) is 12.8. The average molecular weight is 516 g/mol. The van der Waals surface area contributed by atoms with E-state index in [4.69, 9.17) is 27.9 Å². The molecule has 2 N–H and O–H groups in total. The first-order chi connectivity index (χ1) is 16.3. The molecule has 0 radical (unpaired) electrons. The van der Waals surface area contributed by atoms with Crippen LogP contribution in [0.1, 0.15) is 5.56 Å². The van der Waals surface area contributed by atoms with Gasteiger partial charge in [0.15, 0.2) is 0 Å². The Morgan fingerprint density at radius 1 is 0.971 bits per heavy atom. The van der Waals surface area contributed by atoms with Gasteiger partial charge in [-0.3, -0.25) is 4.72 Å². The van der Waals surface area contributed by atoms with Crippen molar-refractivity contribution in [2.24, 2.45) is 0 Å². The van der Waals surface area contributed by atoms with Gasteiger partial charge in [-0.1, -0.05) is 35.3 Å². The van der Waals surface area contributed by atoms with Gasteiger partial charge in [0, 0.05) is 25.5 Å². The van der Waals surface area contributed by atoms with Gasteiger partial charge in [-0.25, -0.2) is 23.4 Å². The zero-order valence-electron chi connectivity index (χ0n) is 18.1. The Hall–Kier alpha value is -3.40. The highest BCUT2D eigenvalue weighted by atomic mass is 35.5. The number of pyridine rings is 1. The molecule has 0 saturated heterocycles. The molecule has 0 amide bonds. The van der Waals surface area contributed by atoms with Crippen molar-refractivity contribution in [3.63, 3.8) is 0 Å². The second-order valence-electron chi connectivity index (χ2n) is 7.11. The number of hydrogen-bond donors (Lipinski definition) is 2. The van der Waals surface area contributed by atoms with Gasteiger partial charge < -0.3 is 10.1 Å². The van der Waals surface area contributed by atoms with Crippen LogP contribution in [-0.2, 0) is 10.0 Å². The van der Waals surface area contributed by atoms with Crippen molar-refractivity contribution in [3.05, 3.63) is 82.6 Å². The van der Waals surface area contributed by atoms with Crippen LogP contribution in [0.15, 0.2) is 71.9 Å². The zero-order chi connectivity index (χ0) is 24.3. The smallest absolute Gasteiger partial charge is 0.263 e. The van der Waals surface area contributed by atoms with Gasteiger partial charge >= 0.3 is 0 Å². The Morgan fingerprint density at radius 3 is 2.59 bits per heavy atom. The molecule has 0 atom stereocenters. The van der Waals surface area contributed by atoms with E-state index in [1.165, 1.54) is 18.2 Å². The number of nitrogens with one attached hydrogen (secondary N) is 2. The first-order valence-electron chi connectivity index (χ1n) is 10.00. The van der Waals surface area contributed by atoms with E-state index in [1.807, 2.05) is 13.0 Å². The number of rotatable bonds is 7. The summed E-state index contributed by atoms with van der Waals surface area (Å²) in [6, 6.07) is 14.7. The summed E-state index contributed by atoms with van der Waals surface area (Å²) in [6.45, 7) is 1.84. The number of sulfonamides is 1. The molecule has 34 heavy (non-hydrogen) atoms. The molecule has 4 rings (SSSR count). The fourth-order valence-corrected chi connectivity index (χ4v) is 4.89. The van der Waals surface area contributed by atoms with Crippen LogP contribution in [0.3, 0.4) is 0 Å². The van der Waals surface area contributed by atoms with Crippen molar-refractivity contribution in [2.75, 3.05) is 17.1 Å². The number of aromatic nitrogens is 3. The number of aryl methyl sites for hydroxylation is 1. The lowest BCUT2D eigenvalue weighted by molar-refractivity contribution is 0.461. The van der Waals surface area contributed by atoms with E-state index < -0.39 is 10.0 Å². The second-order valence-corrected chi connectivity index (χ2v) is 9.55. The van der Waals surface area contributed by atoms with E-state index in [-0.39, 0.29) is 20.6 Å². The van der Waals surface area contributed by atoms with Crippen LogP contribution in [0.25, 0.3) is 11.3 Å². The maximum absolute atomic E-state index is 12.9. The highest BCUT2D eigenvalue weighted by Crippen LogP contribution is 2.35. The van der Waals surface area contributed by atoms with E-state index >= 15 is 0 Å². The third-order valence-corrected chi connectivity index (χ3v) is 7.13. The van der Waals surface area contributed by atoms with Crippen LogP contribution >= 0.6 is 23.2 Å².